The molecule has 0 saturated heterocycles. The summed E-state index contributed by atoms with van der Waals surface area (Å²) < 4.78 is 28.0. The van der Waals surface area contributed by atoms with Gasteiger partial charge in [-0.05, 0) is 0 Å². The number of hydrogen-bond acceptors (Lipinski definition) is 4. The van der Waals surface area contributed by atoms with Gasteiger partial charge in [0.05, 0.1) is 0 Å². The highest BCUT2D eigenvalue weighted by Gasteiger charge is 2.21. The Kier molecular flexibility index (Phi) is 1.82. The molecule has 0 rings (SSSR count). The van der Waals surface area contributed by atoms with Gasteiger partial charge >= 0.3 is 10.2 Å². The molecule has 0 atom stereocenters. The van der Waals surface area contributed by atoms with Gasteiger partial charge in [-0.2, -0.15) is 0 Å². The molecule has 48 valence electrons. The Morgan fingerprint density at radius 1 is 1.62 bits per heavy atom. The Hall–Kier alpha value is -0.760. The van der Waals surface area contributed by atoms with Crippen molar-refractivity contribution in [3.8, 4) is 0 Å². The van der Waals surface area contributed by atoms with Crippen LogP contribution >= 0.6 is 0 Å². The van der Waals surface area contributed by atoms with Crippen molar-refractivity contribution in [2.24, 2.45) is 0 Å². The summed E-state index contributed by atoms with van der Waals surface area (Å²) in [4.78, 5) is 9.18. The summed E-state index contributed by atoms with van der Waals surface area (Å²) >= 11 is 0. The van der Waals surface area contributed by atoms with E-state index in [-0.39, 0.29) is 4.94 Å². The van der Waals surface area contributed by atoms with E-state index in [1.807, 2.05) is 0 Å². The van der Waals surface area contributed by atoms with E-state index in [9.17, 15) is 12.9 Å². The van der Waals surface area contributed by atoms with Crippen molar-refractivity contribution in [2.45, 2.75) is 0 Å². The van der Waals surface area contributed by atoms with Crippen LogP contribution in [0.5, 0.6) is 0 Å². The zero-order valence-corrected chi connectivity index (χ0v) is 4.18. The molecule has 0 aromatic rings. The van der Waals surface area contributed by atoms with Gasteiger partial charge in [0.2, 0.25) is 0 Å². The molecule has 0 aromatic heterocycles. The Labute approximate surface area is 43.6 Å². The maximum atomic E-state index is 10.7. The van der Waals surface area contributed by atoms with Crippen LogP contribution in [-0.2, 0) is 10.2 Å². The monoisotopic (exact) mass is 144 g/mol. The molecule has 0 bridgehead atoms. The Balaban J connectivity index is 4.42. The molecule has 0 amide bonds. The van der Waals surface area contributed by atoms with Crippen LogP contribution in [0.1, 0.15) is 0 Å². The summed E-state index contributed by atoms with van der Waals surface area (Å²) in [6.45, 7) is 0. The van der Waals surface area contributed by atoms with Crippen LogP contribution in [0.3, 0.4) is 0 Å². The van der Waals surface area contributed by atoms with E-state index in [4.69, 9.17) is 10.1 Å². The van der Waals surface area contributed by atoms with Gasteiger partial charge in [-0.1, -0.05) is 0 Å². The third-order valence-electron chi connectivity index (χ3n) is 0.294. The van der Waals surface area contributed by atoms with Gasteiger partial charge < -0.3 is 0 Å². The van der Waals surface area contributed by atoms with Gasteiger partial charge in [-0.15, -0.1) is 12.9 Å². The molecule has 0 unspecified atom stereocenters. The molecule has 0 spiro atoms. The molecule has 0 aromatic carbocycles. The number of nitro groups is 1. The van der Waals surface area contributed by atoms with Crippen molar-refractivity contribution in [1.29, 1.82) is 0 Å². The van der Waals surface area contributed by atoms with Crippen LogP contribution in [0, 0.1) is 10.1 Å². The van der Waals surface area contributed by atoms with E-state index in [1.165, 1.54) is 0 Å². The lowest BCUT2D eigenvalue weighted by molar-refractivity contribution is -0.309. The predicted octanol–water partition coefficient (Wildman–Crippen LogP) is -1.02. The fourth-order valence-electron chi connectivity index (χ4n) is 0.0282. The van der Waals surface area contributed by atoms with E-state index in [1.54, 1.807) is 0 Å². The third kappa shape index (κ3) is 1.39. The van der Waals surface area contributed by atoms with Crippen molar-refractivity contribution >= 4 is 10.2 Å². The quantitative estimate of drug-likeness (QED) is 0.305. The summed E-state index contributed by atoms with van der Waals surface area (Å²) in [6, 6.07) is 0. The van der Waals surface area contributed by atoms with E-state index in [2.05, 4.69) is 0 Å². The first-order valence-corrected chi connectivity index (χ1v) is 2.71. The first-order chi connectivity index (χ1) is 3.50. The van der Waals surface area contributed by atoms with Crippen LogP contribution in [0.15, 0.2) is 0 Å². The highest BCUT2D eigenvalue weighted by atomic mass is 32.2. The molecule has 0 aliphatic heterocycles. The third-order valence-corrected chi connectivity index (χ3v) is 0.881. The van der Waals surface area contributed by atoms with Crippen LogP contribution in [0.2, 0.25) is 0 Å². The Bertz CT molecular complexity index is 180. The van der Waals surface area contributed by atoms with Crippen molar-refractivity contribution in [3.05, 3.63) is 10.1 Å². The van der Waals surface area contributed by atoms with E-state index in [0.29, 0.717) is 0 Å². The molecule has 8 heavy (non-hydrogen) atoms. The second-order valence-electron chi connectivity index (χ2n) is 0.776. The molecule has 0 radical (unpaired) electrons. The summed E-state index contributed by atoms with van der Waals surface area (Å²) in [5.74, 6) is 0. The molecular weight excluding hydrogens is 143 g/mol. The SMILES string of the molecule is O=[N+]([O-])S(=O)(=O)NF. The van der Waals surface area contributed by atoms with Crippen LogP contribution < -0.4 is 4.94 Å². The maximum absolute atomic E-state index is 10.7. The molecule has 6 nitrogen and oxygen atoms in total. The Morgan fingerprint density at radius 2 is 2.00 bits per heavy atom. The standard InChI is InChI=1S/FHN2O4S/c1-2-8(6,7)3(4)5/h2H. The first-order valence-electron chi connectivity index (χ1n) is 1.27. The summed E-state index contributed by atoms with van der Waals surface area (Å²) in [6.07, 6.45) is 0. The average Bonchev–Trinajstić information content (AvgIpc) is 1.67. The second-order valence-corrected chi connectivity index (χ2v) is 2.18. The van der Waals surface area contributed by atoms with Gasteiger partial charge in [0.15, 0.2) is 4.33 Å². The first kappa shape index (κ1) is 7.24. The molecule has 0 fully saturated rings. The molecule has 0 aliphatic rings. The largest absolute Gasteiger partial charge is 0.522 e. The van der Waals surface area contributed by atoms with Crippen molar-refractivity contribution in [2.75, 3.05) is 0 Å². The van der Waals surface area contributed by atoms with Crippen LogP contribution in [0.4, 0.5) is 4.48 Å². The molecule has 0 saturated carbocycles. The molecule has 8 heteroatoms. The smallest absolute Gasteiger partial charge is 0.246 e. The lowest BCUT2D eigenvalue weighted by atomic mass is 13.4. The zero-order valence-electron chi connectivity index (χ0n) is 3.37. The fourth-order valence-corrected chi connectivity index (χ4v) is 0.0845. The topological polar surface area (TPSA) is 89.3 Å². The average molecular weight is 144 g/mol. The highest BCUT2D eigenvalue weighted by Crippen LogP contribution is 1.80. The van der Waals surface area contributed by atoms with Gasteiger partial charge in [0.1, 0.15) is 0 Å². The van der Waals surface area contributed by atoms with Crippen LogP contribution in [-0.4, -0.2) is 12.7 Å². The number of hydrogen-bond donors (Lipinski definition) is 1. The summed E-state index contributed by atoms with van der Waals surface area (Å²) in [5, 5.41) is 9.17. The highest BCUT2D eigenvalue weighted by molar-refractivity contribution is 7.83. The number of nitrogens with one attached hydrogen (secondary N) is 1. The normalized spacial score (nSPS) is 11.1. The lowest BCUT2D eigenvalue weighted by Crippen LogP contribution is -2.23. The van der Waals surface area contributed by atoms with Gasteiger partial charge in [0, 0.05) is 4.94 Å². The van der Waals surface area contributed by atoms with Gasteiger partial charge in [0.25, 0.3) is 0 Å². The summed E-state index contributed by atoms with van der Waals surface area (Å²) in [7, 11) is -4.93. The van der Waals surface area contributed by atoms with Crippen molar-refractivity contribution in [3.63, 3.8) is 0 Å². The Morgan fingerprint density at radius 3 is 2.00 bits per heavy atom. The van der Waals surface area contributed by atoms with E-state index < -0.39 is 14.5 Å². The molecule has 0 aliphatic carbocycles. The second kappa shape index (κ2) is 2.01. The molecule has 1 N–H and O–H groups in total. The number of halogens is 1. The number of nitrogens with zero attached hydrogens (tertiary/aromatic N) is 1. The minimum Gasteiger partial charge on any atom is -0.246 e. The lowest BCUT2D eigenvalue weighted by Gasteiger charge is -1.82. The van der Waals surface area contributed by atoms with Gasteiger partial charge in [-0.3, -0.25) is 0 Å². The molecule has 0 heterocycles. The summed E-state index contributed by atoms with van der Waals surface area (Å²) in [5.41, 5.74) is 0. The maximum Gasteiger partial charge on any atom is 0.522 e. The van der Waals surface area contributed by atoms with Crippen LogP contribution in [0.25, 0.3) is 0 Å². The van der Waals surface area contributed by atoms with E-state index in [0.717, 1.165) is 0 Å². The zero-order chi connectivity index (χ0) is 6.78. The van der Waals surface area contributed by atoms with Crippen molar-refractivity contribution in [1.82, 2.24) is 4.94 Å². The van der Waals surface area contributed by atoms with Gasteiger partial charge in [-0.25, -0.2) is 10.1 Å². The van der Waals surface area contributed by atoms with Crippen molar-refractivity contribution < 1.29 is 17.2 Å². The predicted molar refractivity (Wildman–Crippen MR) is 20.2 cm³/mol. The minimum absolute atomic E-state index is 0.0139. The fraction of sp³-hybridized carbons (Fsp3) is 0. The number of rotatable bonds is 2. The van der Waals surface area contributed by atoms with E-state index >= 15 is 0 Å². The minimum atomic E-state index is -4.93. The molecular formula is HFN2O4S.